The standard InChI is InChI=1S/C10H20N2O3.ClH/c1-10(2,3)15-9(14)12-7-4-8(6-13)11-5-7;/h7-8,11,13H,4-6H2,1-3H3,(H,12,14);1H/t7-,8-;/m1./s1. The fraction of sp³-hybridized carbons (Fsp3) is 0.900. The van der Waals surface area contributed by atoms with Crippen LogP contribution in [0.5, 0.6) is 0 Å². The SMILES string of the molecule is CC(C)(C)OC(=O)N[C@H]1CN[C@@H](CO)C1.Cl. The van der Waals surface area contributed by atoms with E-state index in [0.29, 0.717) is 6.54 Å². The quantitative estimate of drug-likeness (QED) is 0.675. The second kappa shape index (κ2) is 6.27. The van der Waals surface area contributed by atoms with Gasteiger partial charge in [0, 0.05) is 18.6 Å². The summed E-state index contributed by atoms with van der Waals surface area (Å²) < 4.78 is 5.13. The Morgan fingerprint density at radius 1 is 1.56 bits per heavy atom. The van der Waals surface area contributed by atoms with Gasteiger partial charge in [-0.1, -0.05) is 0 Å². The lowest BCUT2D eigenvalue weighted by molar-refractivity contribution is 0.0507. The molecule has 3 N–H and O–H groups in total. The molecular formula is C10H21ClN2O3. The van der Waals surface area contributed by atoms with E-state index in [1.54, 1.807) is 0 Å². The number of halogens is 1. The summed E-state index contributed by atoms with van der Waals surface area (Å²) in [4.78, 5) is 11.4. The fourth-order valence-corrected chi connectivity index (χ4v) is 1.54. The van der Waals surface area contributed by atoms with E-state index in [0.717, 1.165) is 6.42 Å². The van der Waals surface area contributed by atoms with E-state index in [-0.39, 0.29) is 31.1 Å². The van der Waals surface area contributed by atoms with Gasteiger partial charge in [0.05, 0.1) is 6.61 Å². The molecule has 2 atom stereocenters. The molecule has 0 unspecified atom stereocenters. The van der Waals surface area contributed by atoms with Crippen LogP contribution in [0.3, 0.4) is 0 Å². The number of rotatable bonds is 2. The fourth-order valence-electron chi connectivity index (χ4n) is 1.54. The Kier molecular flexibility index (Phi) is 6.07. The van der Waals surface area contributed by atoms with E-state index in [9.17, 15) is 4.79 Å². The number of aliphatic hydroxyl groups excluding tert-OH is 1. The number of carbonyl (C=O) groups excluding carboxylic acids is 1. The Labute approximate surface area is 102 Å². The van der Waals surface area contributed by atoms with Gasteiger partial charge < -0.3 is 20.5 Å². The van der Waals surface area contributed by atoms with Gasteiger partial charge in [0.15, 0.2) is 0 Å². The van der Waals surface area contributed by atoms with Crippen molar-refractivity contribution in [1.82, 2.24) is 10.6 Å². The molecule has 1 fully saturated rings. The van der Waals surface area contributed by atoms with Crippen molar-refractivity contribution in [2.75, 3.05) is 13.2 Å². The molecule has 16 heavy (non-hydrogen) atoms. The maximum atomic E-state index is 11.4. The summed E-state index contributed by atoms with van der Waals surface area (Å²) in [6.45, 7) is 6.28. The number of hydrogen-bond donors (Lipinski definition) is 3. The first-order chi connectivity index (χ1) is 6.90. The topological polar surface area (TPSA) is 70.6 Å². The average molecular weight is 253 g/mol. The number of alkyl carbamates (subject to hydrolysis) is 1. The number of nitrogens with one attached hydrogen (secondary N) is 2. The Balaban J connectivity index is 0.00000225. The largest absolute Gasteiger partial charge is 0.444 e. The summed E-state index contributed by atoms with van der Waals surface area (Å²) in [7, 11) is 0. The van der Waals surface area contributed by atoms with Crippen molar-refractivity contribution < 1.29 is 14.6 Å². The van der Waals surface area contributed by atoms with Gasteiger partial charge in [-0.15, -0.1) is 12.4 Å². The van der Waals surface area contributed by atoms with E-state index in [2.05, 4.69) is 10.6 Å². The van der Waals surface area contributed by atoms with Crippen LogP contribution < -0.4 is 10.6 Å². The van der Waals surface area contributed by atoms with E-state index >= 15 is 0 Å². The number of carbonyl (C=O) groups is 1. The molecule has 6 heteroatoms. The Bertz CT molecular complexity index is 231. The molecule has 0 aromatic carbocycles. The van der Waals surface area contributed by atoms with Crippen molar-refractivity contribution in [3.8, 4) is 0 Å². The lowest BCUT2D eigenvalue weighted by atomic mass is 10.2. The Hall–Kier alpha value is -0.520. The number of aliphatic hydroxyl groups is 1. The van der Waals surface area contributed by atoms with Crippen molar-refractivity contribution in [1.29, 1.82) is 0 Å². The number of amides is 1. The normalized spacial score (nSPS) is 24.8. The van der Waals surface area contributed by atoms with Crippen LogP contribution in [0.2, 0.25) is 0 Å². The zero-order chi connectivity index (χ0) is 11.5. The maximum Gasteiger partial charge on any atom is 0.407 e. The van der Waals surface area contributed by atoms with Crippen LogP contribution >= 0.6 is 12.4 Å². The predicted octanol–water partition coefficient (Wildman–Crippen LogP) is 0.656. The molecule has 5 nitrogen and oxygen atoms in total. The highest BCUT2D eigenvalue weighted by atomic mass is 35.5. The van der Waals surface area contributed by atoms with Gasteiger partial charge in [-0.2, -0.15) is 0 Å². The van der Waals surface area contributed by atoms with Gasteiger partial charge in [0.2, 0.25) is 0 Å². The zero-order valence-corrected chi connectivity index (χ0v) is 10.8. The van der Waals surface area contributed by atoms with Gasteiger partial charge in [-0.25, -0.2) is 4.79 Å². The first-order valence-corrected chi connectivity index (χ1v) is 5.24. The first kappa shape index (κ1) is 15.5. The highest BCUT2D eigenvalue weighted by molar-refractivity contribution is 5.85. The van der Waals surface area contributed by atoms with Crippen LogP contribution in [-0.4, -0.2) is 42.0 Å². The lowest BCUT2D eigenvalue weighted by Gasteiger charge is -2.21. The zero-order valence-electron chi connectivity index (χ0n) is 9.95. The van der Waals surface area contributed by atoms with Crippen molar-refractivity contribution in [3.63, 3.8) is 0 Å². The van der Waals surface area contributed by atoms with Crippen molar-refractivity contribution >= 4 is 18.5 Å². The van der Waals surface area contributed by atoms with Crippen molar-refractivity contribution in [2.24, 2.45) is 0 Å². The van der Waals surface area contributed by atoms with Gasteiger partial charge in [-0.3, -0.25) is 0 Å². The summed E-state index contributed by atoms with van der Waals surface area (Å²) in [6.07, 6.45) is 0.350. The second-order valence-electron chi connectivity index (χ2n) is 4.87. The smallest absolute Gasteiger partial charge is 0.407 e. The second-order valence-corrected chi connectivity index (χ2v) is 4.87. The number of ether oxygens (including phenoxy) is 1. The van der Waals surface area contributed by atoms with E-state index in [1.807, 2.05) is 20.8 Å². The molecule has 1 heterocycles. The van der Waals surface area contributed by atoms with Gasteiger partial charge >= 0.3 is 6.09 Å². The van der Waals surface area contributed by atoms with Gasteiger partial charge in [0.1, 0.15) is 5.60 Å². The van der Waals surface area contributed by atoms with E-state index < -0.39 is 11.7 Å². The average Bonchev–Trinajstić information content (AvgIpc) is 2.48. The van der Waals surface area contributed by atoms with Crippen LogP contribution in [0, 0.1) is 0 Å². The molecule has 1 saturated heterocycles. The van der Waals surface area contributed by atoms with Crippen molar-refractivity contribution in [3.05, 3.63) is 0 Å². The van der Waals surface area contributed by atoms with E-state index in [4.69, 9.17) is 9.84 Å². The first-order valence-electron chi connectivity index (χ1n) is 5.24. The molecule has 1 aliphatic rings. The summed E-state index contributed by atoms with van der Waals surface area (Å²) in [5, 5.41) is 14.8. The Morgan fingerprint density at radius 3 is 2.62 bits per heavy atom. The highest BCUT2D eigenvalue weighted by Crippen LogP contribution is 2.09. The van der Waals surface area contributed by atoms with Crippen LogP contribution in [0.15, 0.2) is 0 Å². The van der Waals surface area contributed by atoms with Crippen LogP contribution in [0.4, 0.5) is 4.79 Å². The molecule has 1 rings (SSSR count). The van der Waals surface area contributed by atoms with Gasteiger partial charge in [-0.05, 0) is 27.2 Å². The predicted molar refractivity (Wildman–Crippen MR) is 63.9 cm³/mol. The minimum Gasteiger partial charge on any atom is -0.444 e. The third-order valence-corrected chi connectivity index (χ3v) is 2.16. The summed E-state index contributed by atoms with van der Waals surface area (Å²) >= 11 is 0. The summed E-state index contributed by atoms with van der Waals surface area (Å²) in [5.74, 6) is 0. The third-order valence-electron chi connectivity index (χ3n) is 2.16. The lowest BCUT2D eigenvalue weighted by Crippen LogP contribution is -2.40. The van der Waals surface area contributed by atoms with E-state index in [1.165, 1.54) is 0 Å². The molecule has 1 aliphatic heterocycles. The molecule has 96 valence electrons. The molecule has 0 aliphatic carbocycles. The molecule has 0 radical (unpaired) electrons. The monoisotopic (exact) mass is 252 g/mol. The number of hydrogen-bond acceptors (Lipinski definition) is 4. The minimum absolute atomic E-state index is 0. The molecular weight excluding hydrogens is 232 g/mol. The van der Waals surface area contributed by atoms with Crippen LogP contribution in [0.1, 0.15) is 27.2 Å². The molecule has 0 spiro atoms. The van der Waals surface area contributed by atoms with Crippen molar-refractivity contribution in [2.45, 2.75) is 44.9 Å². The molecule has 0 aromatic rings. The Morgan fingerprint density at radius 2 is 2.19 bits per heavy atom. The molecule has 0 aromatic heterocycles. The molecule has 1 amide bonds. The third kappa shape index (κ3) is 5.53. The molecule has 0 bridgehead atoms. The minimum atomic E-state index is -0.466. The van der Waals surface area contributed by atoms with Crippen LogP contribution in [0.25, 0.3) is 0 Å². The summed E-state index contributed by atoms with van der Waals surface area (Å²) in [5.41, 5.74) is -0.466. The summed E-state index contributed by atoms with van der Waals surface area (Å²) in [6, 6.07) is 0.141. The van der Waals surface area contributed by atoms with Crippen LogP contribution in [-0.2, 0) is 4.74 Å². The van der Waals surface area contributed by atoms with Gasteiger partial charge in [0.25, 0.3) is 0 Å². The molecule has 0 saturated carbocycles. The maximum absolute atomic E-state index is 11.4. The highest BCUT2D eigenvalue weighted by Gasteiger charge is 2.26.